The summed E-state index contributed by atoms with van der Waals surface area (Å²) in [5.41, 5.74) is -3.00. The van der Waals surface area contributed by atoms with Crippen LogP contribution in [0.3, 0.4) is 0 Å². The Hall–Kier alpha value is -1.33. The lowest BCUT2D eigenvalue weighted by Gasteiger charge is -2.24. The molecule has 1 aliphatic heterocycles. The Labute approximate surface area is 93.2 Å². The third kappa shape index (κ3) is 2.84. The minimum atomic E-state index is -2.34. The summed E-state index contributed by atoms with van der Waals surface area (Å²) in [5.74, 6) is -1.53. The van der Waals surface area contributed by atoms with Gasteiger partial charge in [-0.15, -0.1) is 0 Å². The van der Waals surface area contributed by atoms with Crippen LogP contribution in [0.5, 0.6) is 0 Å². The van der Waals surface area contributed by atoms with Crippen LogP contribution in [-0.2, 0) is 9.53 Å². The summed E-state index contributed by atoms with van der Waals surface area (Å²) in [6.07, 6.45) is -0.866. The van der Waals surface area contributed by atoms with E-state index in [4.69, 9.17) is 9.84 Å². The van der Waals surface area contributed by atoms with Gasteiger partial charge in [-0.1, -0.05) is 0 Å². The molecule has 16 heavy (non-hydrogen) atoms. The van der Waals surface area contributed by atoms with Crippen molar-refractivity contribution < 1.29 is 23.8 Å². The maximum absolute atomic E-state index is 13.6. The Morgan fingerprint density at radius 1 is 1.44 bits per heavy atom. The third-order valence-electron chi connectivity index (χ3n) is 2.25. The zero-order chi connectivity index (χ0) is 12.6. The highest BCUT2D eigenvalue weighted by atomic mass is 19.1. The van der Waals surface area contributed by atoms with Crippen LogP contribution >= 0.6 is 0 Å². The average molecular weight is 233 g/mol. The van der Waals surface area contributed by atoms with Crippen molar-refractivity contribution in [3.63, 3.8) is 0 Å². The van der Waals surface area contributed by atoms with Crippen LogP contribution in [0.2, 0.25) is 0 Å². The van der Waals surface area contributed by atoms with E-state index < -0.39 is 29.9 Å². The first-order chi connectivity index (χ1) is 7.14. The largest absolute Gasteiger partial charge is 0.479 e. The van der Waals surface area contributed by atoms with Crippen molar-refractivity contribution >= 4 is 12.1 Å². The standard InChI is InChI=1S/C10H16FNO4/c1-9(2,3)16-8(15)12-5-4-10(11,6-12)7(13)14/h4-6H2,1-3H3,(H,13,14)/t10-/m1/s1. The van der Waals surface area contributed by atoms with E-state index in [1.165, 1.54) is 0 Å². The van der Waals surface area contributed by atoms with Crippen molar-refractivity contribution in [2.24, 2.45) is 0 Å². The molecule has 1 saturated heterocycles. The van der Waals surface area contributed by atoms with Crippen LogP contribution < -0.4 is 0 Å². The third-order valence-corrected chi connectivity index (χ3v) is 2.25. The summed E-state index contributed by atoms with van der Waals surface area (Å²) in [4.78, 5) is 23.2. The lowest BCUT2D eigenvalue weighted by molar-refractivity contribution is -0.149. The Bertz CT molecular complexity index is 312. The number of amides is 1. The van der Waals surface area contributed by atoms with Gasteiger partial charge >= 0.3 is 12.1 Å². The van der Waals surface area contributed by atoms with Gasteiger partial charge in [-0.3, -0.25) is 0 Å². The van der Waals surface area contributed by atoms with E-state index in [-0.39, 0.29) is 13.0 Å². The van der Waals surface area contributed by atoms with E-state index in [1.54, 1.807) is 20.8 Å². The molecule has 0 spiro atoms. The van der Waals surface area contributed by atoms with Crippen LogP contribution in [0.1, 0.15) is 27.2 Å². The minimum Gasteiger partial charge on any atom is -0.479 e. The highest BCUT2D eigenvalue weighted by molar-refractivity contribution is 5.80. The highest BCUT2D eigenvalue weighted by Crippen LogP contribution is 2.27. The Kier molecular flexibility index (Phi) is 3.12. The first-order valence-electron chi connectivity index (χ1n) is 5.04. The molecule has 0 aliphatic carbocycles. The van der Waals surface area contributed by atoms with Gasteiger partial charge in [0.2, 0.25) is 5.67 Å². The molecule has 1 aliphatic rings. The molecule has 0 aromatic heterocycles. The van der Waals surface area contributed by atoms with Gasteiger partial charge in [-0.2, -0.15) is 0 Å². The van der Waals surface area contributed by atoms with Crippen molar-refractivity contribution in [3.8, 4) is 0 Å². The molecular formula is C10H16FNO4. The Morgan fingerprint density at radius 2 is 2.00 bits per heavy atom. The first-order valence-corrected chi connectivity index (χ1v) is 5.04. The van der Waals surface area contributed by atoms with Gasteiger partial charge in [0.25, 0.3) is 0 Å². The number of hydrogen-bond donors (Lipinski definition) is 1. The van der Waals surface area contributed by atoms with Gasteiger partial charge in [0.1, 0.15) is 5.60 Å². The van der Waals surface area contributed by atoms with Gasteiger partial charge in [-0.05, 0) is 20.8 Å². The quantitative estimate of drug-likeness (QED) is 0.743. The van der Waals surface area contributed by atoms with E-state index in [1.807, 2.05) is 0 Å². The molecule has 1 rings (SSSR count). The number of hydrogen-bond acceptors (Lipinski definition) is 3. The summed E-state index contributed by atoms with van der Waals surface area (Å²) in [7, 11) is 0. The van der Waals surface area contributed by atoms with Crippen molar-refractivity contribution in [2.45, 2.75) is 38.5 Å². The van der Waals surface area contributed by atoms with Gasteiger partial charge in [0, 0.05) is 13.0 Å². The topological polar surface area (TPSA) is 66.8 Å². The number of carbonyl (C=O) groups excluding carboxylic acids is 1. The second-order valence-electron chi connectivity index (χ2n) is 4.92. The number of carboxylic acids is 1. The summed E-state index contributed by atoms with van der Waals surface area (Å²) in [6, 6.07) is 0. The van der Waals surface area contributed by atoms with E-state index in [0.29, 0.717) is 0 Å². The summed E-state index contributed by atoms with van der Waals surface area (Å²) in [6.45, 7) is 4.71. The molecule has 1 fully saturated rings. The molecule has 0 radical (unpaired) electrons. The molecule has 1 atom stereocenters. The number of ether oxygens (including phenoxy) is 1. The molecule has 92 valence electrons. The van der Waals surface area contributed by atoms with Crippen LogP contribution in [-0.4, -0.2) is 46.4 Å². The van der Waals surface area contributed by atoms with E-state index in [0.717, 1.165) is 4.90 Å². The number of rotatable bonds is 1. The summed E-state index contributed by atoms with van der Waals surface area (Å²) >= 11 is 0. The molecule has 0 saturated carbocycles. The number of halogens is 1. The fourth-order valence-electron chi connectivity index (χ4n) is 1.43. The number of carboxylic acid groups (broad SMARTS) is 1. The van der Waals surface area contributed by atoms with Crippen molar-refractivity contribution in [1.82, 2.24) is 4.90 Å². The summed E-state index contributed by atoms with van der Waals surface area (Å²) in [5, 5.41) is 8.65. The minimum absolute atomic E-state index is 0.0672. The monoisotopic (exact) mass is 233 g/mol. The fourth-order valence-corrected chi connectivity index (χ4v) is 1.43. The predicted molar refractivity (Wildman–Crippen MR) is 53.9 cm³/mol. The number of nitrogens with zero attached hydrogens (tertiary/aromatic N) is 1. The number of likely N-dealkylation sites (tertiary alicyclic amines) is 1. The molecule has 1 amide bonds. The number of alkyl halides is 1. The zero-order valence-electron chi connectivity index (χ0n) is 9.62. The predicted octanol–water partition coefficient (Wildman–Crippen LogP) is 1.42. The lowest BCUT2D eigenvalue weighted by atomic mass is 10.1. The SMILES string of the molecule is CC(C)(C)OC(=O)N1CC[C@](F)(C(=O)O)C1. The van der Waals surface area contributed by atoms with Gasteiger partial charge in [0.15, 0.2) is 0 Å². The summed E-state index contributed by atoms with van der Waals surface area (Å²) < 4.78 is 18.7. The highest BCUT2D eigenvalue weighted by Gasteiger charge is 2.47. The zero-order valence-corrected chi connectivity index (χ0v) is 9.62. The molecule has 0 aromatic carbocycles. The molecule has 0 unspecified atom stereocenters. The molecular weight excluding hydrogens is 217 g/mol. The molecule has 0 bridgehead atoms. The van der Waals surface area contributed by atoms with Crippen LogP contribution in [0, 0.1) is 0 Å². The van der Waals surface area contributed by atoms with E-state index >= 15 is 0 Å². The molecule has 1 N–H and O–H groups in total. The maximum Gasteiger partial charge on any atom is 0.410 e. The van der Waals surface area contributed by atoms with E-state index in [2.05, 4.69) is 0 Å². The molecule has 1 heterocycles. The fraction of sp³-hybridized carbons (Fsp3) is 0.800. The lowest BCUT2D eigenvalue weighted by Crippen LogP contribution is -2.40. The maximum atomic E-state index is 13.6. The molecule has 6 heteroatoms. The Morgan fingerprint density at radius 3 is 2.38 bits per heavy atom. The van der Waals surface area contributed by atoms with E-state index in [9.17, 15) is 14.0 Å². The van der Waals surface area contributed by atoms with Crippen molar-refractivity contribution in [1.29, 1.82) is 0 Å². The average Bonchev–Trinajstić information content (AvgIpc) is 2.46. The Balaban J connectivity index is 2.60. The van der Waals surface area contributed by atoms with Gasteiger partial charge in [0.05, 0.1) is 6.54 Å². The normalized spacial score (nSPS) is 25.6. The second kappa shape index (κ2) is 3.92. The molecule has 5 nitrogen and oxygen atoms in total. The van der Waals surface area contributed by atoms with Crippen molar-refractivity contribution in [3.05, 3.63) is 0 Å². The van der Waals surface area contributed by atoms with Gasteiger partial charge < -0.3 is 14.7 Å². The second-order valence-corrected chi connectivity index (χ2v) is 4.92. The van der Waals surface area contributed by atoms with Crippen LogP contribution in [0.25, 0.3) is 0 Å². The number of carbonyl (C=O) groups is 2. The van der Waals surface area contributed by atoms with Crippen LogP contribution in [0.15, 0.2) is 0 Å². The first kappa shape index (κ1) is 12.7. The smallest absolute Gasteiger partial charge is 0.410 e. The number of aliphatic carboxylic acids is 1. The van der Waals surface area contributed by atoms with Gasteiger partial charge in [-0.25, -0.2) is 14.0 Å². The van der Waals surface area contributed by atoms with Crippen molar-refractivity contribution in [2.75, 3.05) is 13.1 Å². The van der Waals surface area contributed by atoms with Crippen LogP contribution in [0.4, 0.5) is 9.18 Å². The molecule has 0 aromatic rings.